The van der Waals surface area contributed by atoms with E-state index in [1.807, 2.05) is 6.08 Å². The number of aliphatic hydroxyl groups excluding tert-OH is 1. The SMILES string of the molecule is OC(/C=C/C1CCCCC1)C(Cl)(Cl)Cl. The Morgan fingerprint density at radius 3 is 2.21 bits per heavy atom. The van der Waals surface area contributed by atoms with Gasteiger partial charge in [-0.3, -0.25) is 0 Å². The molecule has 1 N–H and O–H groups in total. The summed E-state index contributed by atoms with van der Waals surface area (Å²) in [7, 11) is 0. The highest BCUT2D eigenvalue weighted by atomic mass is 35.6. The molecule has 1 aliphatic rings. The predicted molar refractivity (Wildman–Crippen MR) is 62.0 cm³/mol. The summed E-state index contributed by atoms with van der Waals surface area (Å²) in [5.74, 6) is 0.547. The van der Waals surface area contributed by atoms with Crippen LogP contribution in [0.3, 0.4) is 0 Å². The van der Waals surface area contributed by atoms with E-state index in [1.165, 1.54) is 32.1 Å². The van der Waals surface area contributed by atoms with Gasteiger partial charge in [-0.25, -0.2) is 0 Å². The van der Waals surface area contributed by atoms with Crippen LogP contribution >= 0.6 is 34.8 Å². The third-order valence-corrected chi connectivity index (χ3v) is 3.22. The van der Waals surface area contributed by atoms with Gasteiger partial charge in [-0.05, 0) is 18.8 Å². The molecule has 0 radical (unpaired) electrons. The molecule has 0 amide bonds. The second-order valence-corrected chi connectivity index (χ2v) is 6.14. The maximum absolute atomic E-state index is 9.43. The molecule has 82 valence electrons. The Kier molecular flexibility index (Phi) is 5.05. The molecule has 1 aliphatic carbocycles. The molecule has 1 saturated carbocycles. The first kappa shape index (κ1) is 12.6. The number of allylic oxidation sites excluding steroid dienone is 1. The topological polar surface area (TPSA) is 20.2 Å². The van der Waals surface area contributed by atoms with E-state index >= 15 is 0 Å². The second kappa shape index (κ2) is 5.60. The van der Waals surface area contributed by atoms with Crippen molar-refractivity contribution < 1.29 is 5.11 Å². The standard InChI is InChI=1S/C10H15Cl3O/c11-10(12,13)9(14)7-6-8-4-2-1-3-5-8/h6-9,14H,1-5H2/b7-6+. The zero-order valence-corrected chi connectivity index (χ0v) is 10.2. The fourth-order valence-electron chi connectivity index (χ4n) is 1.70. The normalized spacial score (nSPS) is 22.9. The van der Waals surface area contributed by atoms with E-state index in [-0.39, 0.29) is 0 Å². The van der Waals surface area contributed by atoms with Gasteiger partial charge < -0.3 is 5.11 Å². The fourth-order valence-corrected chi connectivity index (χ4v) is 1.92. The zero-order valence-electron chi connectivity index (χ0n) is 7.93. The minimum atomic E-state index is -1.61. The third-order valence-electron chi connectivity index (χ3n) is 2.55. The van der Waals surface area contributed by atoms with Crippen molar-refractivity contribution in [3.8, 4) is 0 Å². The molecule has 0 bridgehead atoms. The van der Waals surface area contributed by atoms with Gasteiger partial charge in [0, 0.05) is 0 Å². The number of aliphatic hydroxyl groups is 1. The number of alkyl halides is 3. The van der Waals surface area contributed by atoms with Crippen molar-refractivity contribution in [3.63, 3.8) is 0 Å². The minimum Gasteiger partial charge on any atom is -0.385 e. The Morgan fingerprint density at radius 2 is 1.71 bits per heavy atom. The smallest absolute Gasteiger partial charge is 0.219 e. The summed E-state index contributed by atoms with van der Waals surface area (Å²) in [4.78, 5) is 0. The predicted octanol–water partition coefficient (Wildman–Crippen LogP) is 3.85. The molecule has 1 unspecified atom stereocenters. The van der Waals surface area contributed by atoms with E-state index < -0.39 is 9.90 Å². The lowest BCUT2D eigenvalue weighted by atomic mass is 9.89. The quantitative estimate of drug-likeness (QED) is 0.588. The van der Waals surface area contributed by atoms with Crippen molar-refractivity contribution in [2.45, 2.75) is 42.0 Å². The van der Waals surface area contributed by atoms with Crippen LogP contribution in [-0.4, -0.2) is 15.0 Å². The molecule has 1 nitrogen and oxygen atoms in total. The molecule has 1 fully saturated rings. The molecule has 14 heavy (non-hydrogen) atoms. The Balaban J connectivity index is 2.38. The first-order valence-corrected chi connectivity index (χ1v) is 6.06. The molecule has 0 saturated heterocycles. The number of halogens is 3. The Bertz CT molecular complexity index is 192. The monoisotopic (exact) mass is 256 g/mol. The average molecular weight is 258 g/mol. The molecule has 0 aromatic carbocycles. The van der Waals surface area contributed by atoms with Gasteiger partial charge in [-0.2, -0.15) is 0 Å². The molecular weight excluding hydrogens is 242 g/mol. The zero-order chi connectivity index (χ0) is 10.6. The molecule has 0 aromatic rings. The molecule has 0 aromatic heterocycles. The van der Waals surface area contributed by atoms with Gasteiger partial charge in [0.15, 0.2) is 0 Å². The van der Waals surface area contributed by atoms with Crippen LogP contribution in [0.15, 0.2) is 12.2 Å². The van der Waals surface area contributed by atoms with Gasteiger partial charge in [0.05, 0.1) is 0 Å². The summed E-state index contributed by atoms with van der Waals surface area (Å²) in [6.45, 7) is 0. The Labute approximate surface area is 100 Å². The van der Waals surface area contributed by atoms with Crippen LogP contribution in [0.5, 0.6) is 0 Å². The summed E-state index contributed by atoms with van der Waals surface area (Å²) < 4.78 is -1.61. The highest BCUT2D eigenvalue weighted by Gasteiger charge is 2.28. The Hall–Kier alpha value is 0.570. The molecule has 1 atom stereocenters. The lowest BCUT2D eigenvalue weighted by Gasteiger charge is -2.20. The maximum atomic E-state index is 9.43. The lowest BCUT2D eigenvalue weighted by molar-refractivity contribution is 0.226. The molecule has 4 heteroatoms. The molecule has 1 rings (SSSR count). The largest absolute Gasteiger partial charge is 0.385 e. The number of hydrogen-bond donors (Lipinski definition) is 1. The van der Waals surface area contributed by atoms with E-state index in [0.29, 0.717) is 5.92 Å². The number of rotatable bonds is 2. The first-order valence-electron chi connectivity index (χ1n) is 4.93. The van der Waals surface area contributed by atoms with Gasteiger partial charge in [0.2, 0.25) is 3.79 Å². The van der Waals surface area contributed by atoms with Gasteiger partial charge >= 0.3 is 0 Å². The van der Waals surface area contributed by atoms with Crippen LogP contribution in [0, 0.1) is 5.92 Å². The summed E-state index contributed by atoms with van der Waals surface area (Å²) >= 11 is 16.6. The first-order chi connectivity index (χ1) is 6.50. The third kappa shape index (κ3) is 4.39. The second-order valence-electron chi connectivity index (χ2n) is 3.77. The highest BCUT2D eigenvalue weighted by Crippen LogP contribution is 2.32. The molecule has 0 spiro atoms. The van der Waals surface area contributed by atoms with Crippen molar-refractivity contribution in [2.75, 3.05) is 0 Å². The fraction of sp³-hybridized carbons (Fsp3) is 0.800. The van der Waals surface area contributed by atoms with Gasteiger partial charge in [0.1, 0.15) is 6.10 Å². The van der Waals surface area contributed by atoms with E-state index in [1.54, 1.807) is 6.08 Å². The summed E-state index contributed by atoms with van der Waals surface area (Å²) in [5.41, 5.74) is 0. The molecule has 0 aliphatic heterocycles. The van der Waals surface area contributed by atoms with Crippen LogP contribution in [0.2, 0.25) is 0 Å². The molecular formula is C10H15Cl3O. The van der Waals surface area contributed by atoms with E-state index in [2.05, 4.69) is 0 Å². The summed E-state index contributed by atoms with van der Waals surface area (Å²) in [6, 6.07) is 0. The van der Waals surface area contributed by atoms with E-state index in [9.17, 15) is 5.11 Å². The Morgan fingerprint density at radius 1 is 1.14 bits per heavy atom. The van der Waals surface area contributed by atoms with E-state index in [4.69, 9.17) is 34.8 Å². The van der Waals surface area contributed by atoms with Crippen LogP contribution in [0.4, 0.5) is 0 Å². The van der Waals surface area contributed by atoms with Crippen LogP contribution in [-0.2, 0) is 0 Å². The van der Waals surface area contributed by atoms with Crippen LogP contribution < -0.4 is 0 Å². The molecule has 0 heterocycles. The number of hydrogen-bond acceptors (Lipinski definition) is 1. The van der Waals surface area contributed by atoms with Crippen molar-refractivity contribution >= 4 is 34.8 Å². The van der Waals surface area contributed by atoms with E-state index in [0.717, 1.165) is 0 Å². The van der Waals surface area contributed by atoms with Crippen molar-refractivity contribution in [1.82, 2.24) is 0 Å². The minimum absolute atomic E-state index is 0.547. The van der Waals surface area contributed by atoms with Gasteiger partial charge in [0.25, 0.3) is 0 Å². The van der Waals surface area contributed by atoms with Gasteiger partial charge in [-0.15, -0.1) is 0 Å². The van der Waals surface area contributed by atoms with Crippen LogP contribution in [0.25, 0.3) is 0 Å². The summed E-state index contributed by atoms with van der Waals surface area (Å²) in [5, 5.41) is 9.43. The highest BCUT2D eigenvalue weighted by molar-refractivity contribution is 6.68. The lowest BCUT2D eigenvalue weighted by Crippen LogP contribution is -2.22. The average Bonchev–Trinajstić information content (AvgIpc) is 2.14. The van der Waals surface area contributed by atoms with Crippen LogP contribution in [0.1, 0.15) is 32.1 Å². The summed E-state index contributed by atoms with van der Waals surface area (Å²) in [6.07, 6.45) is 8.78. The maximum Gasteiger partial charge on any atom is 0.219 e. The van der Waals surface area contributed by atoms with Crippen molar-refractivity contribution in [2.24, 2.45) is 5.92 Å². The van der Waals surface area contributed by atoms with Crippen molar-refractivity contribution in [1.29, 1.82) is 0 Å². The van der Waals surface area contributed by atoms with Crippen molar-refractivity contribution in [3.05, 3.63) is 12.2 Å². The van der Waals surface area contributed by atoms with Gasteiger partial charge in [-0.1, -0.05) is 66.2 Å².